The molecule has 20 heavy (non-hydrogen) atoms. The third kappa shape index (κ3) is 4.94. The van der Waals surface area contributed by atoms with Crippen LogP contribution in [0, 0.1) is 0 Å². The number of hydrogen-bond acceptors (Lipinski definition) is 1. The van der Waals surface area contributed by atoms with Crippen LogP contribution in [0.5, 0.6) is 5.75 Å². The van der Waals surface area contributed by atoms with E-state index in [0.717, 1.165) is 5.75 Å². The Morgan fingerprint density at radius 2 is 1.70 bits per heavy atom. The standard InChI is InChI=1S/C15H21OSi.2ClH.Zr/c1-15(2,3)17(4,5)16-14-10-12-8-6-7-9-13(12)11-14;;;/h6-11H,1-5H3;2*1H;/q-1;;;+2/p-2. The SMILES string of the molecule is CC(C)(C)[Si](C)(C)Oc1cc2ccccc2[cH-]1.[Cl][Zr][Cl]. The zero-order valence-corrected chi connectivity index (χ0v) is 17.6. The van der Waals surface area contributed by atoms with Crippen molar-refractivity contribution in [2.75, 3.05) is 0 Å². The van der Waals surface area contributed by atoms with E-state index in [1.807, 2.05) is 0 Å². The van der Waals surface area contributed by atoms with Crippen LogP contribution in [0.15, 0.2) is 36.4 Å². The number of rotatable bonds is 2. The zero-order chi connectivity index (χ0) is 15.4. The first-order valence-electron chi connectivity index (χ1n) is 6.52. The molecule has 2 rings (SSSR count). The molecule has 0 amide bonds. The molecule has 2 aromatic carbocycles. The van der Waals surface area contributed by atoms with Crippen molar-refractivity contribution in [3.8, 4) is 5.75 Å². The van der Waals surface area contributed by atoms with Gasteiger partial charge >= 0.3 is 37.9 Å². The number of fused-ring (bicyclic) bond motifs is 1. The van der Waals surface area contributed by atoms with E-state index in [1.165, 1.54) is 10.8 Å². The molecule has 1 nitrogen and oxygen atoms in total. The normalized spacial score (nSPS) is 11.8. The second-order valence-electron chi connectivity index (χ2n) is 6.25. The van der Waals surface area contributed by atoms with Gasteiger partial charge in [-0.1, -0.05) is 26.8 Å². The van der Waals surface area contributed by atoms with Gasteiger partial charge in [0.25, 0.3) is 0 Å². The van der Waals surface area contributed by atoms with Gasteiger partial charge in [-0.05, 0) is 18.1 Å². The Morgan fingerprint density at radius 1 is 1.15 bits per heavy atom. The fourth-order valence-corrected chi connectivity index (χ4v) is 2.64. The van der Waals surface area contributed by atoms with E-state index < -0.39 is 29.2 Å². The Hall–Kier alpha value is 0.310. The van der Waals surface area contributed by atoms with Crippen LogP contribution in [0.1, 0.15) is 20.8 Å². The molecule has 110 valence electrons. The summed E-state index contributed by atoms with van der Waals surface area (Å²) in [7, 11) is 8.16. The molecule has 5 heteroatoms. The van der Waals surface area contributed by atoms with Gasteiger partial charge in [0.05, 0.1) is 0 Å². The van der Waals surface area contributed by atoms with Crippen LogP contribution in [0.3, 0.4) is 0 Å². The van der Waals surface area contributed by atoms with Crippen molar-refractivity contribution in [2.45, 2.75) is 38.9 Å². The van der Waals surface area contributed by atoms with Crippen LogP contribution in [0.2, 0.25) is 18.1 Å². The quantitative estimate of drug-likeness (QED) is 0.418. The summed E-state index contributed by atoms with van der Waals surface area (Å²) >= 11 is -0.826. The Labute approximate surface area is 141 Å². The summed E-state index contributed by atoms with van der Waals surface area (Å²) in [5.74, 6) is 1.03. The average Bonchev–Trinajstić information content (AvgIpc) is 2.69. The van der Waals surface area contributed by atoms with Crippen molar-refractivity contribution < 1.29 is 25.3 Å². The van der Waals surface area contributed by atoms with Crippen molar-refractivity contribution in [3.05, 3.63) is 36.4 Å². The predicted octanol–water partition coefficient (Wildman–Crippen LogP) is 6.32. The third-order valence-electron chi connectivity index (χ3n) is 3.77. The maximum atomic E-state index is 6.29. The average molecular weight is 408 g/mol. The fourth-order valence-electron chi connectivity index (χ4n) is 1.63. The van der Waals surface area contributed by atoms with E-state index in [0.29, 0.717) is 0 Å². The van der Waals surface area contributed by atoms with Crippen molar-refractivity contribution in [2.24, 2.45) is 0 Å². The number of halogens is 2. The van der Waals surface area contributed by atoms with Gasteiger partial charge in [-0.2, -0.15) is 0 Å². The molecular formula is C15H21Cl2OSiZr-. The molecule has 0 fully saturated rings. The fraction of sp³-hybridized carbons (Fsp3) is 0.400. The molecule has 0 N–H and O–H groups in total. The van der Waals surface area contributed by atoms with Crippen LogP contribution in [-0.4, -0.2) is 8.32 Å². The first-order chi connectivity index (χ1) is 9.21. The second kappa shape index (κ2) is 7.54. The van der Waals surface area contributed by atoms with E-state index in [4.69, 9.17) is 21.5 Å². The second-order valence-corrected chi connectivity index (χ2v) is 14.7. The molecule has 0 aliphatic heterocycles. The van der Waals surface area contributed by atoms with Gasteiger partial charge in [-0.25, -0.2) is 0 Å². The molecule has 0 aliphatic carbocycles. The van der Waals surface area contributed by atoms with Crippen LogP contribution >= 0.6 is 17.0 Å². The van der Waals surface area contributed by atoms with Gasteiger partial charge in [0, 0.05) is 5.75 Å². The molecular weight excluding hydrogens is 386 g/mol. The number of benzene rings is 1. The summed E-state index contributed by atoms with van der Waals surface area (Å²) in [6.07, 6.45) is 0. The van der Waals surface area contributed by atoms with E-state index in [9.17, 15) is 0 Å². The van der Waals surface area contributed by atoms with Crippen molar-refractivity contribution in [3.63, 3.8) is 0 Å². The summed E-state index contributed by atoms with van der Waals surface area (Å²) in [4.78, 5) is 0. The van der Waals surface area contributed by atoms with Crippen LogP contribution in [-0.2, 0) is 20.8 Å². The Morgan fingerprint density at radius 3 is 2.20 bits per heavy atom. The third-order valence-corrected chi connectivity index (χ3v) is 8.13. The van der Waals surface area contributed by atoms with Crippen LogP contribution < -0.4 is 4.43 Å². The summed E-state index contributed by atoms with van der Waals surface area (Å²) < 4.78 is 6.29. The summed E-state index contributed by atoms with van der Waals surface area (Å²) in [5, 5.41) is 2.78. The summed E-state index contributed by atoms with van der Waals surface area (Å²) in [6, 6.07) is 12.7. The molecule has 0 aromatic heterocycles. The minimum atomic E-state index is -1.71. The topological polar surface area (TPSA) is 9.23 Å². The predicted molar refractivity (Wildman–Crippen MR) is 89.1 cm³/mol. The molecule has 0 saturated carbocycles. The first-order valence-corrected chi connectivity index (χ1v) is 15.8. The minimum absolute atomic E-state index is 0.246. The van der Waals surface area contributed by atoms with Gasteiger partial charge in [-0.3, -0.25) is 0 Å². The van der Waals surface area contributed by atoms with E-state index in [1.54, 1.807) is 0 Å². The first kappa shape index (κ1) is 18.4. The Balaban J connectivity index is 0.000000612. The molecule has 0 saturated heterocycles. The van der Waals surface area contributed by atoms with Crippen molar-refractivity contribution in [1.29, 1.82) is 0 Å². The molecule has 0 heterocycles. The van der Waals surface area contributed by atoms with Crippen LogP contribution in [0.4, 0.5) is 0 Å². The van der Waals surface area contributed by atoms with Crippen LogP contribution in [0.25, 0.3) is 10.8 Å². The van der Waals surface area contributed by atoms with E-state index in [-0.39, 0.29) is 5.04 Å². The molecule has 0 bridgehead atoms. The molecule has 0 spiro atoms. The Kier molecular flexibility index (Phi) is 6.92. The van der Waals surface area contributed by atoms with Gasteiger partial charge in [0.1, 0.15) is 0 Å². The van der Waals surface area contributed by atoms with Crippen molar-refractivity contribution in [1.82, 2.24) is 0 Å². The zero-order valence-electron chi connectivity index (χ0n) is 12.6. The molecule has 0 aliphatic rings. The van der Waals surface area contributed by atoms with E-state index >= 15 is 0 Å². The van der Waals surface area contributed by atoms with Crippen molar-refractivity contribution >= 4 is 36.1 Å². The number of hydrogen-bond donors (Lipinski definition) is 0. The monoisotopic (exact) mass is 405 g/mol. The van der Waals surface area contributed by atoms with Gasteiger partial charge in [0.2, 0.25) is 8.32 Å². The maximum absolute atomic E-state index is 6.29. The van der Waals surface area contributed by atoms with E-state index in [2.05, 4.69) is 70.3 Å². The molecule has 0 atom stereocenters. The molecule has 0 radical (unpaired) electrons. The molecule has 2 aromatic rings. The summed E-state index contributed by atoms with van der Waals surface area (Å²) in [5.41, 5.74) is 0. The van der Waals surface area contributed by atoms with Gasteiger partial charge < -0.3 is 4.43 Å². The van der Waals surface area contributed by atoms with Gasteiger partial charge in [-0.15, -0.1) is 41.1 Å². The Bertz CT molecular complexity index is 513. The van der Waals surface area contributed by atoms with Gasteiger partial charge in [0.15, 0.2) is 0 Å². The molecule has 0 unspecified atom stereocenters. The summed E-state index contributed by atoms with van der Waals surface area (Å²) in [6.45, 7) is 11.4.